The van der Waals surface area contributed by atoms with Crippen molar-refractivity contribution in [1.82, 2.24) is 10.2 Å². The molecule has 1 heterocycles. The van der Waals surface area contributed by atoms with Gasteiger partial charge in [-0.1, -0.05) is 18.2 Å². The van der Waals surface area contributed by atoms with Gasteiger partial charge in [-0.25, -0.2) is 0 Å². The van der Waals surface area contributed by atoms with Crippen LogP contribution in [-0.4, -0.2) is 50.1 Å². The van der Waals surface area contributed by atoms with Crippen LogP contribution in [0.2, 0.25) is 0 Å². The Balaban J connectivity index is 1.39. The molecule has 3 rings (SSSR count). The van der Waals surface area contributed by atoms with Gasteiger partial charge in [0.2, 0.25) is 0 Å². The molecule has 2 aromatic carbocycles. The molecule has 0 aliphatic carbocycles. The van der Waals surface area contributed by atoms with Crippen molar-refractivity contribution in [3.05, 3.63) is 65.2 Å². The second-order valence-corrected chi connectivity index (χ2v) is 7.36. The smallest absolute Gasteiger partial charge is 0.369 e. The normalized spacial score (nSPS) is 15.4. The fraction of sp³-hybridized carbons (Fsp3) is 0.409. The van der Waals surface area contributed by atoms with Crippen LogP contribution in [0.1, 0.15) is 27.9 Å². The van der Waals surface area contributed by atoms with Crippen molar-refractivity contribution in [1.29, 1.82) is 0 Å². The predicted octanol–water partition coefficient (Wildman–Crippen LogP) is 3.96. The number of benzene rings is 2. The lowest BCUT2D eigenvalue weighted by Gasteiger charge is -2.36. The molecule has 0 unspecified atom stereocenters. The molecule has 1 N–H and O–H groups in total. The third-order valence-corrected chi connectivity index (χ3v) is 5.13. The quantitative estimate of drug-likeness (QED) is 0.739. The Bertz CT molecular complexity index is 830. The lowest BCUT2D eigenvalue weighted by atomic mass is 10.1. The van der Waals surface area contributed by atoms with Crippen LogP contribution in [0.5, 0.6) is 0 Å². The Morgan fingerprint density at radius 3 is 2.45 bits per heavy atom. The lowest BCUT2D eigenvalue weighted by Crippen LogP contribution is -2.47. The van der Waals surface area contributed by atoms with Gasteiger partial charge in [-0.2, -0.15) is 13.2 Å². The lowest BCUT2D eigenvalue weighted by molar-refractivity contribution is -0.137. The van der Waals surface area contributed by atoms with Gasteiger partial charge in [0, 0.05) is 44.0 Å². The van der Waals surface area contributed by atoms with Crippen LogP contribution in [0.15, 0.2) is 48.5 Å². The first kappa shape index (κ1) is 21.2. The number of rotatable bonds is 6. The van der Waals surface area contributed by atoms with Gasteiger partial charge >= 0.3 is 6.18 Å². The number of amides is 1. The standard InChI is InChI=1S/C22H26F3N3O/c1-17-5-2-8-20(15-17)28-13-11-27(12-14-28)10-4-9-26-21(29)18-6-3-7-19(16-18)22(23,24)25/h2-3,5-8,15-16H,4,9-14H2,1H3,(H,26,29). The zero-order chi connectivity index (χ0) is 20.9. The minimum absolute atomic E-state index is 0.0339. The van der Waals surface area contributed by atoms with Gasteiger partial charge in [-0.15, -0.1) is 0 Å². The molecule has 2 aromatic rings. The molecular weight excluding hydrogens is 379 g/mol. The first-order chi connectivity index (χ1) is 13.8. The zero-order valence-electron chi connectivity index (χ0n) is 16.5. The summed E-state index contributed by atoms with van der Waals surface area (Å²) in [6.07, 6.45) is -3.69. The highest BCUT2D eigenvalue weighted by molar-refractivity contribution is 5.94. The molecule has 0 atom stereocenters. The molecular formula is C22H26F3N3O. The van der Waals surface area contributed by atoms with Crippen molar-refractivity contribution < 1.29 is 18.0 Å². The van der Waals surface area contributed by atoms with Crippen LogP contribution in [0, 0.1) is 6.92 Å². The third-order valence-electron chi connectivity index (χ3n) is 5.13. The van der Waals surface area contributed by atoms with E-state index in [9.17, 15) is 18.0 Å². The van der Waals surface area contributed by atoms with Gasteiger partial charge in [0.15, 0.2) is 0 Å². The van der Waals surface area contributed by atoms with Crippen LogP contribution >= 0.6 is 0 Å². The third kappa shape index (κ3) is 5.97. The van der Waals surface area contributed by atoms with Crippen molar-refractivity contribution in [3.8, 4) is 0 Å². The highest BCUT2D eigenvalue weighted by Crippen LogP contribution is 2.29. The SMILES string of the molecule is Cc1cccc(N2CCN(CCCNC(=O)c3cccc(C(F)(F)F)c3)CC2)c1. The van der Waals surface area contributed by atoms with Gasteiger partial charge in [0.05, 0.1) is 5.56 Å². The van der Waals surface area contributed by atoms with E-state index in [-0.39, 0.29) is 5.56 Å². The van der Waals surface area contributed by atoms with Gasteiger partial charge in [0.25, 0.3) is 5.91 Å². The number of carbonyl (C=O) groups is 1. The molecule has 1 fully saturated rings. The topological polar surface area (TPSA) is 35.6 Å². The fourth-order valence-corrected chi connectivity index (χ4v) is 3.50. The largest absolute Gasteiger partial charge is 0.416 e. The van der Waals surface area contributed by atoms with E-state index in [1.165, 1.54) is 23.4 Å². The van der Waals surface area contributed by atoms with E-state index in [2.05, 4.69) is 46.3 Å². The maximum atomic E-state index is 12.8. The van der Waals surface area contributed by atoms with E-state index < -0.39 is 17.6 Å². The van der Waals surface area contributed by atoms with E-state index in [0.29, 0.717) is 6.54 Å². The predicted molar refractivity (Wildman–Crippen MR) is 108 cm³/mol. The van der Waals surface area contributed by atoms with Crippen molar-refractivity contribution >= 4 is 11.6 Å². The van der Waals surface area contributed by atoms with Gasteiger partial charge in [0.1, 0.15) is 0 Å². The van der Waals surface area contributed by atoms with Crippen molar-refractivity contribution in [2.75, 3.05) is 44.2 Å². The van der Waals surface area contributed by atoms with E-state index in [1.807, 2.05) is 0 Å². The molecule has 0 aromatic heterocycles. The molecule has 0 saturated carbocycles. The minimum Gasteiger partial charge on any atom is -0.369 e. The molecule has 1 amide bonds. The Kier molecular flexibility index (Phi) is 6.79. The highest BCUT2D eigenvalue weighted by atomic mass is 19.4. The van der Waals surface area contributed by atoms with Gasteiger partial charge in [-0.05, 0) is 55.8 Å². The Hall–Kier alpha value is -2.54. The number of hydrogen-bond donors (Lipinski definition) is 1. The molecule has 0 bridgehead atoms. The maximum absolute atomic E-state index is 12.8. The molecule has 4 nitrogen and oxygen atoms in total. The summed E-state index contributed by atoms with van der Waals surface area (Å²) in [6.45, 7) is 7.20. The van der Waals surface area contributed by atoms with Gasteiger partial charge in [-0.3, -0.25) is 9.69 Å². The number of piperazine rings is 1. The molecule has 7 heteroatoms. The summed E-state index contributed by atoms with van der Waals surface area (Å²) >= 11 is 0. The highest BCUT2D eigenvalue weighted by Gasteiger charge is 2.30. The van der Waals surface area contributed by atoms with Crippen molar-refractivity contribution in [2.45, 2.75) is 19.5 Å². The maximum Gasteiger partial charge on any atom is 0.416 e. The summed E-state index contributed by atoms with van der Waals surface area (Å²) in [5.41, 5.74) is 1.72. The summed E-state index contributed by atoms with van der Waals surface area (Å²) in [7, 11) is 0. The first-order valence-electron chi connectivity index (χ1n) is 9.82. The van der Waals surface area contributed by atoms with Crippen molar-refractivity contribution in [2.24, 2.45) is 0 Å². The van der Waals surface area contributed by atoms with E-state index >= 15 is 0 Å². The number of nitrogens with one attached hydrogen (secondary N) is 1. The molecule has 1 saturated heterocycles. The van der Waals surface area contributed by atoms with Crippen LogP contribution in [-0.2, 0) is 6.18 Å². The molecule has 0 radical (unpaired) electrons. The van der Waals surface area contributed by atoms with Gasteiger partial charge < -0.3 is 10.2 Å². The Labute approximate surface area is 169 Å². The van der Waals surface area contributed by atoms with Crippen LogP contribution < -0.4 is 10.2 Å². The summed E-state index contributed by atoms with van der Waals surface area (Å²) in [4.78, 5) is 16.8. The molecule has 29 heavy (non-hydrogen) atoms. The number of hydrogen-bond acceptors (Lipinski definition) is 3. The average Bonchev–Trinajstić information content (AvgIpc) is 2.71. The van der Waals surface area contributed by atoms with E-state index in [0.717, 1.165) is 51.3 Å². The Morgan fingerprint density at radius 1 is 1.03 bits per heavy atom. The number of anilines is 1. The van der Waals surface area contributed by atoms with E-state index in [4.69, 9.17) is 0 Å². The number of carbonyl (C=O) groups excluding carboxylic acids is 1. The molecule has 0 spiro atoms. The zero-order valence-corrected chi connectivity index (χ0v) is 16.5. The second kappa shape index (κ2) is 9.31. The first-order valence-corrected chi connectivity index (χ1v) is 9.82. The number of aryl methyl sites for hydroxylation is 1. The summed E-state index contributed by atoms with van der Waals surface area (Å²) < 4.78 is 38.3. The molecule has 1 aliphatic rings. The number of halogens is 3. The van der Waals surface area contributed by atoms with Crippen LogP contribution in [0.3, 0.4) is 0 Å². The second-order valence-electron chi connectivity index (χ2n) is 7.36. The number of nitrogens with zero attached hydrogens (tertiary/aromatic N) is 2. The van der Waals surface area contributed by atoms with Crippen LogP contribution in [0.25, 0.3) is 0 Å². The average molecular weight is 405 g/mol. The number of alkyl halides is 3. The van der Waals surface area contributed by atoms with E-state index in [1.54, 1.807) is 0 Å². The Morgan fingerprint density at radius 2 is 1.76 bits per heavy atom. The fourth-order valence-electron chi connectivity index (χ4n) is 3.50. The summed E-state index contributed by atoms with van der Waals surface area (Å²) in [5.74, 6) is -0.472. The van der Waals surface area contributed by atoms with Crippen molar-refractivity contribution in [3.63, 3.8) is 0 Å². The van der Waals surface area contributed by atoms with Crippen LogP contribution in [0.4, 0.5) is 18.9 Å². The summed E-state index contributed by atoms with van der Waals surface area (Å²) in [6, 6.07) is 13.0. The monoisotopic (exact) mass is 405 g/mol. The minimum atomic E-state index is -4.45. The molecule has 1 aliphatic heterocycles. The molecule has 156 valence electrons. The summed E-state index contributed by atoms with van der Waals surface area (Å²) in [5, 5.41) is 2.71.